The molecular formula is C18H20N2O4S. The summed E-state index contributed by atoms with van der Waals surface area (Å²) in [6.07, 6.45) is 1.97. The minimum Gasteiger partial charge on any atom is -0.495 e. The van der Waals surface area contributed by atoms with Gasteiger partial charge in [-0.2, -0.15) is 0 Å². The second-order valence-electron chi connectivity index (χ2n) is 5.83. The number of hydrogen-bond acceptors (Lipinski definition) is 4. The van der Waals surface area contributed by atoms with E-state index in [1.807, 2.05) is 0 Å². The minimum atomic E-state index is -3.83. The zero-order valence-corrected chi connectivity index (χ0v) is 14.8. The molecule has 0 aliphatic carbocycles. The predicted molar refractivity (Wildman–Crippen MR) is 95.4 cm³/mol. The first kappa shape index (κ1) is 17.3. The lowest BCUT2D eigenvalue weighted by Crippen LogP contribution is -2.27. The molecule has 1 aliphatic rings. The number of nitrogens with zero attached hydrogens (tertiary/aromatic N) is 1. The van der Waals surface area contributed by atoms with Gasteiger partial charge in [0.2, 0.25) is 0 Å². The molecule has 1 N–H and O–H groups in total. The van der Waals surface area contributed by atoms with Gasteiger partial charge in [0.15, 0.2) is 0 Å². The predicted octanol–water partition coefficient (Wildman–Crippen LogP) is 2.73. The lowest BCUT2D eigenvalue weighted by molar-refractivity contribution is 0.0792. The summed E-state index contributed by atoms with van der Waals surface area (Å²) in [7, 11) is -2.35. The topological polar surface area (TPSA) is 75.7 Å². The van der Waals surface area contributed by atoms with Crippen LogP contribution in [0.15, 0.2) is 53.4 Å². The Hall–Kier alpha value is -2.54. The van der Waals surface area contributed by atoms with E-state index < -0.39 is 10.0 Å². The first-order valence-corrected chi connectivity index (χ1v) is 9.55. The maximum absolute atomic E-state index is 12.7. The highest BCUT2D eigenvalue weighted by Crippen LogP contribution is 2.26. The van der Waals surface area contributed by atoms with E-state index in [4.69, 9.17) is 4.74 Å². The van der Waals surface area contributed by atoms with Gasteiger partial charge in [0.1, 0.15) is 5.75 Å². The molecule has 25 heavy (non-hydrogen) atoms. The molecule has 7 heteroatoms. The van der Waals surface area contributed by atoms with Gasteiger partial charge in [-0.3, -0.25) is 9.52 Å². The highest BCUT2D eigenvalue weighted by atomic mass is 32.2. The van der Waals surface area contributed by atoms with Crippen LogP contribution in [0.3, 0.4) is 0 Å². The number of carbonyl (C=O) groups is 1. The quantitative estimate of drug-likeness (QED) is 0.890. The van der Waals surface area contributed by atoms with Crippen LogP contribution in [0, 0.1) is 0 Å². The number of anilines is 1. The van der Waals surface area contributed by atoms with E-state index >= 15 is 0 Å². The molecule has 1 saturated heterocycles. The molecule has 6 nitrogen and oxygen atoms in total. The second kappa shape index (κ2) is 7.14. The molecule has 0 spiro atoms. The normalized spacial score (nSPS) is 14.4. The summed E-state index contributed by atoms with van der Waals surface area (Å²) in [5, 5.41) is 0. The number of methoxy groups -OCH3 is 1. The highest BCUT2D eigenvalue weighted by Gasteiger charge is 2.22. The maximum Gasteiger partial charge on any atom is 0.262 e. The highest BCUT2D eigenvalue weighted by molar-refractivity contribution is 7.92. The Morgan fingerprint density at radius 3 is 2.52 bits per heavy atom. The second-order valence-corrected chi connectivity index (χ2v) is 7.52. The average molecular weight is 360 g/mol. The van der Waals surface area contributed by atoms with Gasteiger partial charge in [-0.05, 0) is 43.2 Å². The van der Waals surface area contributed by atoms with Crippen LogP contribution in [0.1, 0.15) is 23.2 Å². The van der Waals surface area contributed by atoms with Crippen molar-refractivity contribution >= 4 is 21.6 Å². The van der Waals surface area contributed by atoms with Crippen molar-refractivity contribution in [2.75, 3.05) is 24.9 Å². The molecule has 0 unspecified atom stereocenters. The Kier molecular flexibility index (Phi) is 4.94. The van der Waals surface area contributed by atoms with Crippen LogP contribution in [0.5, 0.6) is 5.75 Å². The molecule has 2 aromatic carbocycles. The molecular weight excluding hydrogens is 340 g/mol. The summed E-state index contributed by atoms with van der Waals surface area (Å²) in [6.45, 7) is 1.44. The number of amides is 1. The minimum absolute atomic E-state index is 0.0449. The zero-order valence-electron chi connectivity index (χ0n) is 13.9. The smallest absolute Gasteiger partial charge is 0.262 e. The van der Waals surface area contributed by atoms with E-state index in [9.17, 15) is 13.2 Å². The van der Waals surface area contributed by atoms with Crippen LogP contribution >= 0.6 is 0 Å². The first-order chi connectivity index (χ1) is 12.0. The molecule has 1 fully saturated rings. The largest absolute Gasteiger partial charge is 0.495 e. The number of nitrogens with one attached hydrogen (secondary N) is 1. The molecule has 0 radical (unpaired) electrons. The molecule has 3 rings (SSSR count). The van der Waals surface area contributed by atoms with Crippen molar-refractivity contribution in [1.82, 2.24) is 4.90 Å². The molecule has 1 heterocycles. The number of hydrogen-bond donors (Lipinski definition) is 1. The Morgan fingerprint density at radius 1 is 1.08 bits per heavy atom. The molecule has 0 bridgehead atoms. The molecule has 1 aliphatic heterocycles. The van der Waals surface area contributed by atoms with Crippen molar-refractivity contribution in [2.24, 2.45) is 0 Å². The van der Waals surface area contributed by atoms with Crippen LogP contribution in [-0.4, -0.2) is 39.4 Å². The van der Waals surface area contributed by atoms with Crippen molar-refractivity contribution in [1.29, 1.82) is 0 Å². The summed E-state index contributed by atoms with van der Waals surface area (Å²) in [6, 6.07) is 12.9. The summed E-state index contributed by atoms with van der Waals surface area (Å²) in [5.74, 6) is 0.294. The van der Waals surface area contributed by atoms with Crippen molar-refractivity contribution < 1.29 is 17.9 Å². The molecule has 0 atom stereocenters. The number of ether oxygens (including phenoxy) is 1. The third-order valence-corrected chi connectivity index (χ3v) is 5.50. The zero-order chi connectivity index (χ0) is 17.9. The summed E-state index contributed by atoms with van der Waals surface area (Å²) < 4.78 is 33.0. The van der Waals surface area contributed by atoms with E-state index in [1.165, 1.54) is 19.2 Å². The third-order valence-electron chi connectivity index (χ3n) is 4.14. The average Bonchev–Trinajstić information content (AvgIpc) is 3.16. The standard InChI is InChI=1S/C18H20N2O4S/c1-24-17-10-3-2-9-16(17)19-25(22,23)15-8-6-7-14(13-15)18(21)20-11-4-5-12-20/h2-3,6-10,13,19H,4-5,11-12H2,1H3. The Labute approximate surface area is 147 Å². The van der Waals surface area contributed by atoms with Crippen LogP contribution in [0.25, 0.3) is 0 Å². The number of rotatable bonds is 5. The number of carbonyl (C=O) groups excluding carboxylic acids is 1. The van der Waals surface area contributed by atoms with Crippen molar-refractivity contribution in [3.63, 3.8) is 0 Å². The van der Waals surface area contributed by atoms with Gasteiger partial charge in [0.05, 0.1) is 17.7 Å². The SMILES string of the molecule is COc1ccccc1NS(=O)(=O)c1cccc(C(=O)N2CCCC2)c1. The third kappa shape index (κ3) is 3.76. The van der Waals surface area contributed by atoms with E-state index in [1.54, 1.807) is 41.3 Å². The van der Waals surface area contributed by atoms with E-state index in [-0.39, 0.29) is 10.8 Å². The fraction of sp³-hybridized carbons (Fsp3) is 0.278. The van der Waals surface area contributed by atoms with Crippen LogP contribution < -0.4 is 9.46 Å². The van der Waals surface area contributed by atoms with Crippen LogP contribution in [-0.2, 0) is 10.0 Å². The van der Waals surface area contributed by atoms with Gasteiger partial charge >= 0.3 is 0 Å². The van der Waals surface area contributed by atoms with Gasteiger partial charge in [-0.1, -0.05) is 18.2 Å². The number of sulfonamides is 1. The number of likely N-dealkylation sites (tertiary alicyclic amines) is 1. The van der Waals surface area contributed by atoms with E-state index in [0.29, 0.717) is 17.0 Å². The van der Waals surface area contributed by atoms with Gasteiger partial charge in [0.25, 0.3) is 15.9 Å². The Bertz CT molecular complexity index is 874. The van der Waals surface area contributed by atoms with Crippen LogP contribution in [0.2, 0.25) is 0 Å². The monoisotopic (exact) mass is 360 g/mol. The van der Waals surface area contributed by atoms with Crippen molar-refractivity contribution in [3.8, 4) is 5.75 Å². The van der Waals surface area contributed by atoms with Gasteiger partial charge in [-0.15, -0.1) is 0 Å². The summed E-state index contributed by atoms with van der Waals surface area (Å²) in [4.78, 5) is 14.3. The summed E-state index contributed by atoms with van der Waals surface area (Å²) >= 11 is 0. The fourth-order valence-electron chi connectivity index (χ4n) is 2.83. The molecule has 132 valence electrons. The lowest BCUT2D eigenvalue weighted by atomic mass is 10.2. The Balaban J connectivity index is 1.87. The van der Waals surface area contributed by atoms with Gasteiger partial charge < -0.3 is 9.64 Å². The number of para-hydroxylation sites is 2. The van der Waals surface area contributed by atoms with Gasteiger partial charge in [0, 0.05) is 18.7 Å². The van der Waals surface area contributed by atoms with E-state index in [0.717, 1.165) is 25.9 Å². The first-order valence-electron chi connectivity index (χ1n) is 8.06. The fourth-order valence-corrected chi connectivity index (χ4v) is 3.95. The molecule has 0 aromatic heterocycles. The van der Waals surface area contributed by atoms with Gasteiger partial charge in [-0.25, -0.2) is 8.42 Å². The molecule has 2 aromatic rings. The Morgan fingerprint density at radius 2 is 1.80 bits per heavy atom. The van der Waals surface area contributed by atoms with Crippen molar-refractivity contribution in [2.45, 2.75) is 17.7 Å². The molecule has 1 amide bonds. The van der Waals surface area contributed by atoms with Crippen LogP contribution in [0.4, 0.5) is 5.69 Å². The van der Waals surface area contributed by atoms with Crippen molar-refractivity contribution in [3.05, 3.63) is 54.1 Å². The molecule has 0 saturated carbocycles. The van der Waals surface area contributed by atoms with E-state index in [2.05, 4.69) is 4.72 Å². The maximum atomic E-state index is 12.7. The number of benzene rings is 2. The lowest BCUT2D eigenvalue weighted by Gasteiger charge is -2.16. The summed E-state index contributed by atoms with van der Waals surface area (Å²) in [5.41, 5.74) is 0.728.